The standard InChI is InChI=1S/C20H23F3N4O2/c21-20(22,23)13-7-12-8-16-9-15(2-5-26(16)18(12)25-10-13)27-6-3-17(19(27)28)29-11-14-1-4-24-14/h7-8,10,14-15,17,24H,1-6,9,11H2. The number of hydrogen-bond acceptors (Lipinski definition) is 4. The van der Waals surface area contributed by atoms with Crippen LogP contribution in [-0.4, -0.2) is 58.2 Å². The van der Waals surface area contributed by atoms with E-state index < -0.39 is 11.7 Å². The highest BCUT2D eigenvalue weighted by molar-refractivity contribution is 5.83. The summed E-state index contributed by atoms with van der Waals surface area (Å²) in [6.45, 7) is 2.89. The highest BCUT2D eigenvalue weighted by Crippen LogP contribution is 2.33. The van der Waals surface area contributed by atoms with Gasteiger partial charge in [-0.3, -0.25) is 4.79 Å². The first-order chi connectivity index (χ1) is 13.9. The van der Waals surface area contributed by atoms with E-state index in [1.807, 2.05) is 9.47 Å². The second kappa shape index (κ2) is 6.98. The number of halogens is 3. The molecule has 6 nitrogen and oxygen atoms in total. The van der Waals surface area contributed by atoms with Gasteiger partial charge in [0.15, 0.2) is 0 Å². The number of nitrogens with one attached hydrogen (secondary N) is 1. The lowest BCUT2D eigenvalue weighted by Crippen LogP contribution is -2.47. The second-order valence-electron chi connectivity index (χ2n) is 8.15. The Bertz CT molecular complexity index is 938. The van der Waals surface area contributed by atoms with E-state index in [1.54, 1.807) is 6.07 Å². The summed E-state index contributed by atoms with van der Waals surface area (Å²) < 4.78 is 46.7. The van der Waals surface area contributed by atoms with E-state index in [0.29, 0.717) is 49.6 Å². The summed E-state index contributed by atoms with van der Waals surface area (Å²) in [5.41, 5.74) is 0.771. The topological polar surface area (TPSA) is 59.4 Å². The van der Waals surface area contributed by atoms with Crippen LogP contribution in [0.25, 0.3) is 11.0 Å². The minimum atomic E-state index is -4.40. The molecule has 29 heavy (non-hydrogen) atoms. The number of nitrogens with zero attached hydrogens (tertiary/aromatic N) is 3. The number of likely N-dealkylation sites (tertiary alicyclic amines) is 1. The van der Waals surface area contributed by atoms with Crippen LogP contribution in [-0.2, 0) is 28.7 Å². The van der Waals surface area contributed by atoms with Gasteiger partial charge in [0.05, 0.1) is 12.2 Å². The predicted molar refractivity (Wildman–Crippen MR) is 99.3 cm³/mol. The van der Waals surface area contributed by atoms with Gasteiger partial charge in [-0.1, -0.05) is 0 Å². The summed E-state index contributed by atoms with van der Waals surface area (Å²) in [5.74, 6) is 0.0383. The van der Waals surface area contributed by atoms with Crippen molar-refractivity contribution in [2.45, 2.75) is 56.6 Å². The van der Waals surface area contributed by atoms with E-state index in [4.69, 9.17) is 4.74 Å². The molecular weight excluding hydrogens is 385 g/mol. The number of hydrogen-bond donors (Lipinski definition) is 1. The number of fused-ring (bicyclic) bond motifs is 3. The molecule has 1 N–H and O–H groups in total. The Labute approximate surface area is 166 Å². The number of ether oxygens (including phenoxy) is 1. The number of amides is 1. The summed E-state index contributed by atoms with van der Waals surface area (Å²) >= 11 is 0. The van der Waals surface area contributed by atoms with E-state index in [9.17, 15) is 18.0 Å². The lowest BCUT2D eigenvalue weighted by Gasteiger charge is -2.32. The third-order valence-corrected chi connectivity index (χ3v) is 6.33. The van der Waals surface area contributed by atoms with Gasteiger partial charge in [-0.05, 0) is 31.5 Å². The van der Waals surface area contributed by atoms with Crippen molar-refractivity contribution in [1.29, 1.82) is 0 Å². The SMILES string of the molecule is O=C1C(OCC2CCN2)CCN1C1CCn2c(cc3cc(C(F)(F)F)cnc32)C1. The van der Waals surface area contributed by atoms with Gasteiger partial charge in [0.2, 0.25) is 0 Å². The first-order valence-corrected chi connectivity index (χ1v) is 10.1. The summed E-state index contributed by atoms with van der Waals surface area (Å²) in [4.78, 5) is 18.8. The Hall–Kier alpha value is -2.13. The number of alkyl halides is 3. The van der Waals surface area contributed by atoms with Crippen molar-refractivity contribution in [3.63, 3.8) is 0 Å². The fourth-order valence-corrected chi connectivity index (χ4v) is 4.58. The number of carbonyl (C=O) groups excluding carboxylic acids is 1. The van der Waals surface area contributed by atoms with Crippen molar-refractivity contribution in [1.82, 2.24) is 19.8 Å². The molecule has 5 rings (SSSR count). The zero-order chi connectivity index (χ0) is 20.2. The van der Waals surface area contributed by atoms with Gasteiger partial charge in [-0.2, -0.15) is 13.2 Å². The minimum absolute atomic E-state index is 0.0383. The number of carbonyl (C=O) groups is 1. The Morgan fingerprint density at radius 1 is 1.21 bits per heavy atom. The molecule has 0 spiro atoms. The summed E-state index contributed by atoms with van der Waals surface area (Å²) in [6, 6.07) is 3.34. The summed E-state index contributed by atoms with van der Waals surface area (Å²) in [7, 11) is 0. The number of aromatic nitrogens is 2. The van der Waals surface area contributed by atoms with Gasteiger partial charge in [-0.15, -0.1) is 0 Å². The number of rotatable bonds is 4. The van der Waals surface area contributed by atoms with Crippen molar-refractivity contribution in [3.8, 4) is 0 Å². The quantitative estimate of drug-likeness (QED) is 0.844. The molecule has 3 aliphatic heterocycles. The molecule has 2 aromatic rings. The highest BCUT2D eigenvalue weighted by atomic mass is 19.4. The van der Waals surface area contributed by atoms with Crippen molar-refractivity contribution in [2.75, 3.05) is 19.7 Å². The van der Waals surface area contributed by atoms with Crippen LogP contribution in [0.5, 0.6) is 0 Å². The maximum atomic E-state index is 13.0. The first kappa shape index (κ1) is 18.9. The molecule has 3 unspecified atom stereocenters. The van der Waals surface area contributed by atoms with Crippen LogP contribution in [0.15, 0.2) is 18.3 Å². The maximum absolute atomic E-state index is 13.0. The third kappa shape index (κ3) is 3.40. The lowest BCUT2D eigenvalue weighted by atomic mass is 10.0. The lowest BCUT2D eigenvalue weighted by molar-refractivity contribution is -0.140. The van der Waals surface area contributed by atoms with E-state index in [-0.39, 0.29) is 18.1 Å². The van der Waals surface area contributed by atoms with Crippen molar-refractivity contribution in [2.24, 2.45) is 0 Å². The summed E-state index contributed by atoms with van der Waals surface area (Å²) in [6.07, 6.45) is -0.713. The number of aryl methyl sites for hydroxylation is 1. The normalized spacial score (nSPS) is 27.3. The fourth-order valence-electron chi connectivity index (χ4n) is 4.58. The largest absolute Gasteiger partial charge is 0.417 e. The average Bonchev–Trinajstić information content (AvgIpc) is 3.19. The molecule has 0 aromatic carbocycles. The van der Waals surface area contributed by atoms with Crippen LogP contribution < -0.4 is 5.32 Å². The maximum Gasteiger partial charge on any atom is 0.417 e. The number of pyridine rings is 1. The molecular formula is C20H23F3N4O2. The summed E-state index contributed by atoms with van der Waals surface area (Å²) in [5, 5.41) is 3.76. The zero-order valence-electron chi connectivity index (χ0n) is 15.9. The smallest absolute Gasteiger partial charge is 0.367 e. The molecule has 3 atom stereocenters. The van der Waals surface area contributed by atoms with Crippen LogP contribution in [0.2, 0.25) is 0 Å². The van der Waals surface area contributed by atoms with Crippen LogP contribution in [0, 0.1) is 0 Å². The van der Waals surface area contributed by atoms with Crippen molar-refractivity contribution < 1.29 is 22.7 Å². The fraction of sp³-hybridized carbons (Fsp3) is 0.600. The molecule has 0 aliphatic carbocycles. The molecule has 3 aliphatic rings. The monoisotopic (exact) mass is 408 g/mol. The van der Waals surface area contributed by atoms with Crippen LogP contribution >= 0.6 is 0 Å². The van der Waals surface area contributed by atoms with Crippen LogP contribution in [0.1, 0.15) is 30.5 Å². The van der Waals surface area contributed by atoms with Gasteiger partial charge in [0.1, 0.15) is 11.8 Å². The molecule has 2 aromatic heterocycles. The van der Waals surface area contributed by atoms with Gasteiger partial charge >= 0.3 is 6.18 Å². The van der Waals surface area contributed by atoms with Gasteiger partial charge < -0.3 is 19.5 Å². The molecule has 5 heterocycles. The van der Waals surface area contributed by atoms with Gasteiger partial charge in [-0.25, -0.2) is 4.98 Å². The predicted octanol–water partition coefficient (Wildman–Crippen LogP) is 2.35. The van der Waals surface area contributed by atoms with E-state index in [1.165, 1.54) is 0 Å². The Morgan fingerprint density at radius 2 is 2.03 bits per heavy atom. The van der Waals surface area contributed by atoms with E-state index in [0.717, 1.165) is 37.3 Å². The van der Waals surface area contributed by atoms with Crippen molar-refractivity contribution in [3.05, 3.63) is 29.6 Å². The molecule has 156 valence electrons. The molecule has 2 fully saturated rings. The van der Waals surface area contributed by atoms with Crippen LogP contribution in [0.4, 0.5) is 13.2 Å². The Morgan fingerprint density at radius 3 is 2.76 bits per heavy atom. The third-order valence-electron chi connectivity index (χ3n) is 6.33. The Balaban J connectivity index is 1.30. The zero-order valence-corrected chi connectivity index (χ0v) is 15.9. The molecule has 1 amide bonds. The first-order valence-electron chi connectivity index (χ1n) is 10.1. The van der Waals surface area contributed by atoms with E-state index in [2.05, 4.69) is 10.3 Å². The highest BCUT2D eigenvalue weighted by Gasteiger charge is 2.39. The molecule has 9 heteroatoms. The molecule has 0 radical (unpaired) electrons. The molecule has 0 bridgehead atoms. The van der Waals surface area contributed by atoms with Gasteiger partial charge in [0.25, 0.3) is 5.91 Å². The Kier molecular flexibility index (Phi) is 4.54. The van der Waals surface area contributed by atoms with E-state index >= 15 is 0 Å². The van der Waals surface area contributed by atoms with Crippen molar-refractivity contribution >= 4 is 16.9 Å². The van der Waals surface area contributed by atoms with Crippen LogP contribution in [0.3, 0.4) is 0 Å². The minimum Gasteiger partial charge on any atom is -0.367 e. The molecule has 2 saturated heterocycles. The second-order valence-corrected chi connectivity index (χ2v) is 8.15. The average molecular weight is 408 g/mol. The molecule has 0 saturated carbocycles. The van der Waals surface area contributed by atoms with Gasteiger partial charge in [0, 0.05) is 55.3 Å².